The largest absolute Gasteiger partial charge is 0.370 e. The van der Waals surface area contributed by atoms with E-state index in [1.165, 1.54) is 5.56 Å². The van der Waals surface area contributed by atoms with Crippen LogP contribution in [0.1, 0.15) is 30.3 Å². The summed E-state index contributed by atoms with van der Waals surface area (Å²) in [5.41, 5.74) is 2.25. The third-order valence-corrected chi connectivity index (χ3v) is 3.28. The summed E-state index contributed by atoms with van der Waals surface area (Å²) in [6.45, 7) is 7.83. The van der Waals surface area contributed by atoms with E-state index < -0.39 is 0 Å². The maximum Gasteiger partial charge on any atom is 0.137 e. The molecule has 2 aromatic heterocycles. The first-order chi connectivity index (χ1) is 10.1. The summed E-state index contributed by atoms with van der Waals surface area (Å²) in [5, 5.41) is 3.37. The first-order valence-corrected chi connectivity index (χ1v) is 7.31. The highest BCUT2D eigenvalue weighted by Gasteiger charge is 2.13. The number of nitrogens with one attached hydrogen (secondary N) is 1. The number of hydrogen-bond acceptors (Lipinski definition) is 5. The second kappa shape index (κ2) is 7.02. The van der Waals surface area contributed by atoms with Crippen molar-refractivity contribution in [3.05, 3.63) is 41.5 Å². The van der Waals surface area contributed by atoms with E-state index in [-0.39, 0.29) is 0 Å². The lowest BCUT2D eigenvalue weighted by Gasteiger charge is -2.22. The number of aromatic nitrogens is 3. The highest BCUT2D eigenvalue weighted by Crippen LogP contribution is 2.23. The van der Waals surface area contributed by atoms with Crippen molar-refractivity contribution in [3.63, 3.8) is 0 Å². The van der Waals surface area contributed by atoms with E-state index in [1.807, 2.05) is 26.2 Å². The van der Waals surface area contributed by atoms with Gasteiger partial charge in [-0.05, 0) is 31.9 Å². The van der Waals surface area contributed by atoms with Crippen LogP contribution in [-0.4, -0.2) is 28.5 Å². The van der Waals surface area contributed by atoms with Gasteiger partial charge in [-0.3, -0.25) is 4.98 Å². The molecule has 2 rings (SSSR count). The zero-order valence-corrected chi connectivity index (χ0v) is 13.2. The highest BCUT2D eigenvalue weighted by molar-refractivity contribution is 5.58. The van der Waals surface area contributed by atoms with Crippen molar-refractivity contribution in [2.24, 2.45) is 0 Å². The minimum absolute atomic E-state index is 0.776. The standard InChI is InChI=1S/C16H23N5/c1-5-8-18-15-12(2)16(20-13(3)19-15)21(4)11-14-7-6-9-17-10-14/h6-7,9-10H,5,8,11H2,1-4H3,(H,18,19,20). The summed E-state index contributed by atoms with van der Waals surface area (Å²) in [5.74, 6) is 2.68. The summed E-state index contributed by atoms with van der Waals surface area (Å²) >= 11 is 0. The molecular weight excluding hydrogens is 262 g/mol. The molecule has 0 radical (unpaired) electrons. The number of aryl methyl sites for hydroxylation is 1. The van der Waals surface area contributed by atoms with Crippen molar-refractivity contribution in [1.29, 1.82) is 0 Å². The molecule has 112 valence electrons. The Hall–Kier alpha value is -2.17. The lowest BCUT2D eigenvalue weighted by atomic mass is 10.2. The third kappa shape index (κ3) is 3.90. The van der Waals surface area contributed by atoms with Crippen LogP contribution >= 0.6 is 0 Å². The van der Waals surface area contributed by atoms with E-state index >= 15 is 0 Å². The monoisotopic (exact) mass is 285 g/mol. The molecule has 0 saturated heterocycles. The van der Waals surface area contributed by atoms with Gasteiger partial charge in [-0.15, -0.1) is 0 Å². The van der Waals surface area contributed by atoms with E-state index in [2.05, 4.69) is 45.1 Å². The number of nitrogens with zero attached hydrogens (tertiary/aromatic N) is 4. The Morgan fingerprint density at radius 1 is 1.24 bits per heavy atom. The normalized spacial score (nSPS) is 10.5. The molecule has 21 heavy (non-hydrogen) atoms. The molecule has 0 aliphatic rings. The molecule has 0 aliphatic carbocycles. The van der Waals surface area contributed by atoms with Gasteiger partial charge in [-0.25, -0.2) is 9.97 Å². The molecule has 0 bridgehead atoms. The van der Waals surface area contributed by atoms with Crippen LogP contribution < -0.4 is 10.2 Å². The predicted molar refractivity (Wildman–Crippen MR) is 86.6 cm³/mol. The summed E-state index contributed by atoms with van der Waals surface area (Å²) < 4.78 is 0. The first-order valence-electron chi connectivity index (χ1n) is 7.31. The maximum atomic E-state index is 4.59. The molecule has 2 aromatic rings. The Bertz CT molecular complexity index is 583. The zero-order chi connectivity index (χ0) is 15.2. The van der Waals surface area contributed by atoms with Crippen LogP contribution in [0.3, 0.4) is 0 Å². The lowest BCUT2D eigenvalue weighted by molar-refractivity contribution is 0.861. The SMILES string of the molecule is CCCNc1nc(C)nc(N(C)Cc2cccnc2)c1C. The molecule has 0 saturated carbocycles. The Morgan fingerprint density at radius 2 is 2.05 bits per heavy atom. The molecule has 0 fully saturated rings. The minimum Gasteiger partial charge on any atom is -0.370 e. The highest BCUT2D eigenvalue weighted by atomic mass is 15.2. The average Bonchev–Trinajstić information content (AvgIpc) is 2.48. The maximum absolute atomic E-state index is 4.59. The Labute approximate surface area is 126 Å². The molecule has 0 aliphatic heterocycles. The second-order valence-electron chi connectivity index (χ2n) is 5.21. The van der Waals surface area contributed by atoms with Gasteiger partial charge >= 0.3 is 0 Å². The molecule has 5 nitrogen and oxygen atoms in total. The van der Waals surface area contributed by atoms with Crippen LogP contribution in [0.15, 0.2) is 24.5 Å². The van der Waals surface area contributed by atoms with Crippen LogP contribution in [0.25, 0.3) is 0 Å². The Kier molecular flexibility index (Phi) is 5.09. The van der Waals surface area contributed by atoms with Crippen LogP contribution in [0.2, 0.25) is 0 Å². The van der Waals surface area contributed by atoms with Crippen molar-refractivity contribution in [2.75, 3.05) is 23.8 Å². The Balaban J connectivity index is 2.23. The third-order valence-electron chi connectivity index (χ3n) is 3.28. The number of pyridine rings is 1. The van der Waals surface area contributed by atoms with Gasteiger partial charge in [0, 0.05) is 38.1 Å². The summed E-state index contributed by atoms with van der Waals surface area (Å²) in [6, 6.07) is 4.03. The molecule has 0 spiro atoms. The minimum atomic E-state index is 0.776. The van der Waals surface area contributed by atoms with Crippen molar-refractivity contribution >= 4 is 11.6 Å². The fraction of sp³-hybridized carbons (Fsp3) is 0.438. The van der Waals surface area contributed by atoms with Crippen LogP contribution in [0.4, 0.5) is 11.6 Å². The molecule has 1 N–H and O–H groups in total. The second-order valence-corrected chi connectivity index (χ2v) is 5.21. The van der Waals surface area contributed by atoms with E-state index in [9.17, 15) is 0 Å². The summed E-state index contributed by atoms with van der Waals surface area (Å²) in [6.07, 6.45) is 4.75. The van der Waals surface area contributed by atoms with E-state index in [1.54, 1.807) is 6.20 Å². The van der Waals surface area contributed by atoms with Gasteiger partial charge in [0.15, 0.2) is 0 Å². The van der Waals surface area contributed by atoms with Crippen LogP contribution in [-0.2, 0) is 6.54 Å². The van der Waals surface area contributed by atoms with Gasteiger partial charge in [0.05, 0.1) is 0 Å². The molecule has 0 atom stereocenters. The van der Waals surface area contributed by atoms with Crippen LogP contribution in [0, 0.1) is 13.8 Å². The summed E-state index contributed by atoms with van der Waals surface area (Å²) in [4.78, 5) is 15.4. The van der Waals surface area contributed by atoms with Crippen molar-refractivity contribution in [1.82, 2.24) is 15.0 Å². The lowest BCUT2D eigenvalue weighted by Crippen LogP contribution is -2.21. The van der Waals surface area contributed by atoms with Crippen LogP contribution in [0.5, 0.6) is 0 Å². The Morgan fingerprint density at radius 3 is 2.71 bits per heavy atom. The molecule has 2 heterocycles. The molecule has 0 unspecified atom stereocenters. The predicted octanol–water partition coefficient (Wildman–Crippen LogP) is 2.95. The van der Waals surface area contributed by atoms with Gasteiger partial charge < -0.3 is 10.2 Å². The van der Waals surface area contributed by atoms with Crippen molar-refractivity contribution < 1.29 is 0 Å². The molecule has 0 amide bonds. The van der Waals surface area contributed by atoms with Gasteiger partial charge in [0.1, 0.15) is 17.5 Å². The molecular formula is C16H23N5. The fourth-order valence-corrected chi connectivity index (χ4v) is 2.24. The van der Waals surface area contributed by atoms with Gasteiger partial charge in [-0.1, -0.05) is 13.0 Å². The molecule has 0 aromatic carbocycles. The van der Waals surface area contributed by atoms with E-state index in [0.29, 0.717) is 0 Å². The quantitative estimate of drug-likeness (QED) is 0.884. The number of rotatable bonds is 6. The molecule has 5 heteroatoms. The van der Waals surface area contributed by atoms with E-state index in [4.69, 9.17) is 0 Å². The van der Waals surface area contributed by atoms with Crippen molar-refractivity contribution in [2.45, 2.75) is 33.7 Å². The zero-order valence-electron chi connectivity index (χ0n) is 13.2. The van der Waals surface area contributed by atoms with Gasteiger partial charge in [0.25, 0.3) is 0 Å². The van der Waals surface area contributed by atoms with Gasteiger partial charge in [0.2, 0.25) is 0 Å². The number of anilines is 2. The van der Waals surface area contributed by atoms with Crippen molar-refractivity contribution in [3.8, 4) is 0 Å². The smallest absolute Gasteiger partial charge is 0.137 e. The summed E-state index contributed by atoms with van der Waals surface area (Å²) in [7, 11) is 2.05. The first kappa shape index (κ1) is 15.2. The fourth-order valence-electron chi connectivity index (χ4n) is 2.24. The van der Waals surface area contributed by atoms with Gasteiger partial charge in [-0.2, -0.15) is 0 Å². The van der Waals surface area contributed by atoms with E-state index in [0.717, 1.165) is 42.5 Å². The average molecular weight is 285 g/mol. The topological polar surface area (TPSA) is 53.9 Å². The number of hydrogen-bond donors (Lipinski definition) is 1.